The van der Waals surface area contributed by atoms with E-state index in [-0.39, 0.29) is 11.7 Å². The van der Waals surface area contributed by atoms with E-state index < -0.39 is 6.04 Å². The number of carbonyl (C=O) groups excluding carboxylic acids is 1. The lowest BCUT2D eigenvalue weighted by Crippen LogP contribution is -2.27. The molecule has 3 aromatic rings. The van der Waals surface area contributed by atoms with E-state index in [1.54, 1.807) is 12.1 Å². The second-order valence-electron chi connectivity index (χ2n) is 5.34. The van der Waals surface area contributed by atoms with Crippen LogP contribution in [0.3, 0.4) is 0 Å². The molecular formula is C19H17FN2O. The number of nitrogens with one attached hydrogen (secondary N) is 1. The third-order valence-electron chi connectivity index (χ3n) is 3.65. The number of hydrogen-bond donors (Lipinski definition) is 1. The van der Waals surface area contributed by atoms with Crippen LogP contribution in [0.15, 0.2) is 79.1 Å². The molecule has 0 aliphatic carbocycles. The maximum atomic E-state index is 13.3. The summed E-state index contributed by atoms with van der Waals surface area (Å²) in [5, 5.41) is 2.79. The molecule has 1 amide bonds. The Kier molecular flexibility index (Phi) is 4.52. The Balaban J connectivity index is 1.82. The van der Waals surface area contributed by atoms with E-state index in [9.17, 15) is 9.18 Å². The fourth-order valence-corrected chi connectivity index (χ4v) is 2.52. The molecule has 0 radical (unpaired) electrons. The highest BCUT2D eigenvalue weighted by atomic mass is 19.1. The SMILES string of the molecule is O=C(Nc1cccc(F)c1)C(Cc1ccccc1)n1cccc1. The molecule has 0 spiro atoms. The van der Waals surface area contributed by atoms with Crippen LogP contribution in [0.2, 0.25) is 0 Å². The molecule has 2 aromatic carbocycles. The summed E-state index contributed by atoms with van der Waals surface area (Å²) in [4.78, 5) is 12.7. The van der Waals surface area contributed by atoms with Gasteiger partial charge in [0.1, 0.15) is 11.9 Å². The molecule has 4 heteroatoms. The van der Waals surface area contributed by atoms with Crippen LogP contribution in [0, 0.1) is 5.82 Å². The van der Waals surface area contributed by atoms with Gasteiger partial charge in [0.2, 0.25) is 5.91 Å². The molecule has 0 fully saturated rings. The third kappa shape index (κ3) is 3.86. The molecule has 3 nitrogen and oxygen atoms in total. The molecule has 1 atom stereocenters. The zero-order valence-corrected chi connectivity index (χ0v) is 12.5. The normalized spacial score (nSPS) is 11.9. The predicted octanol–water partition coefficient (Wildman–Crippen LogP) is 4.05. The number of anilines is 1. The van der Waals surface area contributed by atoms with Crippen LogP contribution in [0.25, 0.3) is 0 Å². The third-order valence-corrected chi connectivity index (χ3v) is 3.65. The van der Waals surface area contributed by atoms with Gasteiger partial charge in [0.25, 0.3) is 0 Å². The summed E-state index contributed by atoms with van der Waals surface area (Å²) in [5.74, 6) is -0.543. The zero-order valence-electron chi connectivity index (χ0n) is 12.5. The molecule has 116 valence electrons. The van der Waals surface area contributed by atoms with E-state index in [1.807, 2.05) is 59.4 Å². The maximum Gasteiger partial charge on any atom is 0.247 e. The summed E-state index contributed by atoms with van der Waals surface area (Å²) < 4.78 is 15.1. The topological polar surface area (TPSA) is 34.0 Å². The second kappa shape index (κ2) is 6.92. The van der Waals surface area contributed by atoms with Gasteiger partial charge in [0.05, 0.1) is 0 Å². The van der Waals surface area contributed by atoms with E-state index in [4.69, 9.17) is 0 Å². The number of aromatic nitrogens is 1. The van der Waals surface area contributed by atoms with Gasteiger partial charge in [0.15, 0.2) is 0 Å². The van der Waals surface area contributed by atoms with Crippen molar-refractivity contribution in [2.24, 2.45) is 0 Å². The van der Waals surface area contributed by atoms with Crippen molar-refractivity contribution in [3.8, 4) is 0 Å². The largest absolute Gasteiger partial charge is 0.342 e. The summed E-state index contributed by atoms with van der Waals surface area (Å²) >= 11 is 0. The van der Waals surface area contributed by atoms with Crippen molar-refractivity contribution in [3.05, 3.63) is 90.5 Å². The van der Waals surface area contributed by atoms with E-state index in [0.29, 0.717) is 12.1 Å². The second-order valence-corrected chi connectivity index (χ2v) is 5.34. The van der Waals surface area contributed by atoms with Crippen molar-refractivity contribution in [1.29, 1.82) is 0 Å². The van der Waals surface area contributed by atoms with Crippen LogP contribution >= 0.6 is 0 Å². The Morgan fingerprint density at radius 2 is 1.74 bits per heavy atom. The number of nitrogens with zero attached hydrogens (tertiary/aromatic N) is 1. The molecule has 1 heterocycles. The summed E-state index contributed by atoms with van der Waals surface area (Å²) in [5.41, 5.74) is 1.53. The van der Waals surface area contributed by atoms with Gasteiger partial charge in [-0.15, -0.1) is 0 Å². The molecule has 0 saturated heterocycles. The fraction of sp³-hybridized carbons (Fsp3) is 0.105. The molecule has 0 bridgehead atoms. The van der Waals surface area contributed by atoms with Gasteiger partial charge < -0.3 is 9.88 Å². The standard InChI is InChI=1S/C19H17FN2O/c20-16-9-6-10-17(14-16)21-19(23)18(22-11-4-5-12-22)13-15-7-2-1-3-8-15/h1-12,14,18H,13H2,(H,21,23). The van der Waals surface area contributed by atoms with Crippen molar-refractivity contribution >= 4 is 11.6 Å². The summed E-state index contributed by atoms with van der Waals surface area (Å²) in [6.45, 7) is 0. The highest BCUT2D eigenvalue weighted by Gasteiger charge is 2.20. The first-order chi connectivity index (χ1) is 11.2. The van der Waals surface area contributed by atoms with Crippen LogP contribution < -0.4 is 5.32 Å². The monoisotopic (exact) mass is 308 g/mol. The van der Waals surface area contributed by atoms with Crippen molar-refractivity contribution < 1.29 is 9.18 Å². The number of halogens is 1. The first-order valence-corrected chi connectivity index (χ1v) is 7.45. The Bertz CT molecular complexity index is 769. The highest BCUT2D eigenvalue weighted by Crippen LogP contribution is 2.18. The molecule has 0 aliphatic heterocycles. The average molecular weight is 308 g/mol. The smallest absolute Gasteiger partial charge is 0.247 e. The number of amides is 1. The maximum absolute atomic E-state index is 13.3. The fourth-order valence-electron chi connectivity index (χ4n) is 2.52. The van der Waals surface area contributed by atoms with E-state index >= 15 is 0 Å². The van der Waals surface area contributed by atoms with E-state index in [0.717, 1.165) is 5.56 Å². The molecule has 1 aromatic heterocycles. The minimum absolute atomic E-state index is 0.171. The van der Waals surface area contributed by atoms with Crippen LogP contribution in [0.4, 0.5) is 10.1 Å². The first kappa shape index (κ1) is 15.0. The van der Waals surface area contributed by atoms with Crippen LogP contribution in [0.1, 0.15) is 11.6 Å². The van der Waals surface area contributed by atoms with Gasteiger partial charge in [-0.1, -0.05) is 36.4 Å². The van der Waals surface area contributed by atoms with Crippen LogP contribution in [0.5, 0.6) is 0 Å². The Hall–Kier alpha value is -2.88. The van der Waals surface area contributed by atoms with Crippen molar-refractivity contribution in [2.45, 2.75) is 12.5 Å². The molecule has 3 rings (SSSR count). The minimum Gasteiger partial charge on any atom is -0.342 e. The van der Waals surface area contributed by atoms with Gasteiger partial charge in [-0.3, -0.25) is 4.79 Å². The number of rotatable bonds is 5. The van der Waals surface area contributed by atoms with Crippen molar-refractivity contribution in [1.82, 2.24) is 4.57 Å². The van der Waals surface area contributed by atoms with Crippen molar-refractivity contribution in [3.63, 3.8) is 0 Å². The molecule has 23 heavy (non-hydrogen) atoms. The van der Waals surface area contributed by atoms with Gasteiger partial charge in [-0.25, -0.2) is 4.39 Å². The van der Waals surface area contributed by atoms with Crippen molar-refractivity contribution in [2.75, 3.05) is 5.32 Å². The molecule has 1 N–H and O–H groups in total. The average Bonchev–Trinajstić information content (AvgIpc) is 3.07. The van der Waals surface area contributed by atoms with Crippen LogP contribution in [-0.2, 0) is 11.2 Å². The zero-order chi connectivity index (χ0) is 16.1. The minimum atomic E-state index is -0.393. The molecule has 1 unspecified atom stereocenters. The summed E-state index contributed by atoms with van der Waals surface area (Å²) in [7, 11) is 0. The molecule has 0 aliphatic rings. The van der Waals surface area contributed by atoms with Gasteiger partial charge in [-0.05, 0) is 35.9 Å². The summed E-state index contributed by atoms with van der Waals surface area (Å²) in [6, 6.07) is 19.1. The molecular weight excluding hydrogens is 291 g/mol. The highest BCUT2D eigenvalue weighted by molar-refractivity contribution is 5.93. The summed E-state index contributed by atoms with van der Waals surface area (Å²) in [6.07, 6.45) is 4.29. The lowest BCUT2D eigenvalue weighted by Gasteiger charge is -2.19. The lowest BCUT2D eigenvalue weighted by atomic mass is 10.0. The first-order valence-electron chi connectivity index (χ1n) is 7.45. The number of carbonyl (C=O) groups is 1. The van der Waals surface area contributed by atoms with Crippen LogP contribution in [-0.4, -0.2) is 10.5 Å². The van der Waals surface area contributed by atoms with Gasteiger partial charge in [0, 0.05) is 24.5 Å². The quantitative estimate of drug-likeness (QED) is 0.758. The van der Waals surface area contributed by atoms with E-state index in [1.165, 1.54) is 12.1 Å². The van der Waals surface area contributed by atoms with E-state index in [2.05, 4.69) is 5.32 Å². The molecule has 0 saturated carbocycles. The Labute approximate surface area is 134 Å². The Morgan fingerprint density at radius 3 is 2.43 bits per heavy atom. The predicted molar refractivity (Wildman–Crippen MR) is 88.6 cm³/mol. The van der Waals surface area contributed by atoms with Gasteiger partial charge in [-0.2, -0.15) is 0 Å². The number of benzene rings is 2. The lowest BCUT2D eigenvalue weighted by molar-refractivity contribution is -0.119. The Morgan fingerprint density at radius 1 is 1.00 bits per heavy atom. The van der Waals surface area contributed by atoms with Gasteiger partial charge >= 0.3 is 0 Å². The number of hydrogen-bond acceptors (Lipinski definition) is 1.